The Morgan fingerprint density at radius 1 is 1.46 bits per heavy atom. The molecular weight excluding hydrogens is 253 g/mol. The molecule has 0 radical (unpaired) electrons. The first kappa shape index (κ1) is 10.2. The van der Waals surface area contributed by atoms with Crippen LogP contribution in [0.25, 0.3) is 0 Å². The van der Waals surface area contributed by atoms with Gasteiger partial charge in [-0.1, -0.05) is 0 Å². The van der Waals surface area contributed by atoms with E-state index in [1.807, 2.05) is 0 Å². The first-order valence-corrected chi connectivity index (χ1v) is 3.88. The average Bonchev–Trinajstić information content (AvgIpc) is 2.03. The molecule has 0 unspecified atom stereocenters. The topological polar surface area (TPSA) is 35.0 Å². The molecule has 0 spiro atoms. The third-order valence-electron chi connectivity index (χ3n) is 1.18. The maximum atomic E-state index is 12.1. The Bertz CT molecular complexity index is 315. The molecule has 0 N–H and O–H groups in total. The Kier molecular flexibility index (Phi) is 2.74. The second kappa shape index (κ2) is 3.49. The number of alkyl halides is 3. The van der Waals surface area contributed by atoms with E-state index in [9.17, 15) is 13.2 Å². The van der Waals surface area contributed by atoms with E-state index < -0.39 is 11.9 Å². The van der Waals surface area contributed by atoms with Crippen LogP contribution in [0, 0.1) is 0 Å². The molecule has 0 aliphatic heterocycles. The van der Waals surface area contributed by atoms with Crippen molar-refractivity contribution in [2.24, 2.45) is 0 Å². The molecule has 1 heterocycles. The van der Waals surface area contributed by atoms with Crippen LogP contribution in [0.15, 0.2) is 10.8 Å². The molecule has 0 bridgehead atoms. The SMILES string of the molecule is COc1nc(C(F)(F)F)cnc1Br. The summed E-state index contributed by atoms with van der Waals surface area (Å²) < 4.78 is 40.9. The van der Waals surface area contributed by atoms with Crippen molar-refractivity contribution < 1.29 is 17.9 Å². The van der Waals surface area contributed by atoms with Gasteiger partial charge in [0, 0.05) is 0 Å². The van der Waals surface area contributed by atoms with Crippen LogP contribution in [0.2, 0.25) is 0 Å². The molecule has 0 amide bonds. The van der Waals surface area contributed by atoms with Crippen molar-refractivity contribution in [1.82, 2.24) is 9.97 Å². The highest BCUT2D eigenvalue weighted by molar-refractivity contribution is 9.10. The quantitative estimate of drug-likeness (QED) is 0.774. The summed E-state index contributed by atoms with van der Waals surface area (Å²) in [6.45, 7) is 0. The number of rotatable bonds is 1. The van der Waals surface area contributed by atoms with Gasteiger partial charge in [0.1, 0.15) is 0 Å². The maximum Gasteiger partial charge on any atom is 0.435 e. The lowest BCUT2D eigenvalue weighted by molar-refractivity contribution is -0.141. The van der Waals surface area contributed by atoms with Gasteiger partial charge in [-0.15, -0.1) is 0 Å². The van der Waals surface area contributed by atoms with Crippen LogP contribution < -0.4 is 4.74 Å². The lowest BCUT2D eigenvalue weighted by atomic mass is 10.4. The minimum absolute atomic E-state index is 0.142. The summed E-state index contributed by atoms with van der Waals surface area (Å²) in [5, 5.41) is 0. The van der Waals surface area contributed by atoms with Gasteiger partial charge in [-0.3, -0.25) is 0 Å². The molecule has 1 rings (SSSR count). The fourth-order valence-corrected chi connectivity index (χ4v) is 0.977. The van der Waals surface area contributed by atoms with Gasteiger partial charge in [0.25, 0.3) is 0 Å². The molecule has 1 aromatic rings. The second-order valence-electron chi connectivity index (χ2n) is 2.05. The molecule has 0 fully saturated rings. The van der Waals surface area contributed by atoms with Crippen LogP contribution >= 0.6 is 15.9 Å². The van der Waals surface area contributed by atoms with E-state index in [4.69, 9.17) is 0 Å². The normalized spacial score (nSPS) is 11.5. The fraction of sp³-hybridized carbons (Fsp3) is 0.333. The van der Waals surface area contributed by atoms with Gasteiger partial charge in [-0.2, -0.15) is 13.2 Å². The molecule has 0 aliphatic rings. The van der Waals surface area contributed by atoms with Crippen LogP contribution in [0.5, 0.6) is 5.88 Å². The fourth-order valence-electron chi connectivity index (χ4n) is 0.624. The zero-order valence-electron chi connectivity index (χ0n) is 6.39. The lowest BCUT2D eigenvalue weighted by Gasteiger charge is -2.06. The van der Waals surface area contributed by atoms with Gasteiger partial charge in [0.15, 0.2) is 10.3 Å². The zero-order valence-corrected chi connectivity index (χ0v) is 7.98. The monoisotopic (exact) mass is 256 g/mol. The molecule has 0 atom stereocenters. The molecule has 72 valence electrons. The smallest absolute Gasteiger partial charge is 0.435 e. The van der Waals surface area contributed by atoms with Gasteiger partial charge < -0.3 is 4.74 Å². The minimum atomic E-state index is -4.50. The highest BCUT2D eigenvalue weighted by Crippen LogP contribution is 2.30. The summed E-state index contributed by atoms with van der Waals surface area (Å²) in [4.78, 5) is 6.63. The summed E-state index contributed by atoms with van der Waals surface area (Å²) >= 11 is 2.89. The second-order valence-corrected chi connectivity index (χ2v) is 2.80. The Hall–Kier alpha value is -0.850. The lowest BCUT2D eigenvalue weighted by Crippen LogP contribution is -2.09. The Balaban J connectivity index is 3.14. The summed E-state index contributed by atoms with van der Waals surface area (Å²) in [7, 11) is 1.22. The van der Waals surface area contributed by atoms with Crippen LogP contribution in [-0.2, 0) is 6.18 Å². The van der Waals surface area contributed by atoms with Gasteiger partial charge >= 0.3 is 6.18 Å². The number of ether oxygens (including phenoxy) is 1. The largest absolute Gasteiger partial charge is 0.479 e. The Morgan fingerprint density at radius 2 is 2.08 bits per heavy atom. The van der Waals surface area contributed by atoms with Crippen LogP contribution in [0.1, 0.15) is 5.69 Å². The zero-order chi connectivity index (χ0) is 10.1. The molecular formula is C6H4BrF3N2O. The summed E-state index contributed by atoms with van der Waals surface area (Å²) in [5.41, 5.74) is -1.08. The van der Waals surface area contributed by atoms with E-state index in [2.05, 4.69) is 30.6 Å². The molecule has 0 saturated carbocycles. The molecule has 3 nitrogen and oxygen atoms in total. The third-order valence-corrected chi connectivity index (χ3v) is 1.73. The van der Waals surface area contributed by atoms with E-state index in [-0.39, 0.29) is 10.5 Å². The van der Waals surface area contributed by atoms with E-state index in [1.165, 1.54) is 7.11 Å². The van der Waals surface area contributed by atoms with Crippen LogP contribution in [0.3, 0.4) is 0 Å². The number of methoxy groups -OCH3 is 1. The number of aromatic nitrogens is 2. The van der Waals surface area contributed by atoms with Gasteiger partial charge in [-0.05, 0) is 15.9 Å². The standard InChI is InChI=1S/C6H4BrF3N2O/c1-13-5-4(7)11-2-3(12-5)6(8,9)10/h2H,1H3. The maximum absolute atomic E-state index is 12.1. The minimum Gasteiger partial charge on any atom is -0.479 e. The molecule has 0 aromatic carbocycles. The van der Waals surface area contributed by atoms with Crippen molar-refractivity contribution in [1.29, 1.82) is 0 Å². The third kappa shape index (κ3) is 2.30. The number of hydrogen-bond acceptors (Lipinski definition) is 3. The summed E-state index contributed by atoms with van der Waals surface area (Å²) in [6, 6.07) is 0. The van der Waals surface area contributed by atoms with E-state index >= 15 is 0 Å². The number of halogens is 4. The van der Waals surface area contributed by atoms with Crippen LogP contribution in [-0.4, -0.2) is 17.1 Å². The highest BCUT2D eigenvalue weighted by atomic mass is 79.9. The Labute approximate surface area is 80.1 Å². The number of nitrogens with zero attached hydrogens (tertiary/aromatic N) is 2. The van der Waals surface area contributed by atoms with Crippen molar-refractivity contribution in [3.8, 4) is 5.88 Å². The molecule has 0 saturated heterocycles. The van der Waals surface area contributed by atoms with Crippen molar-refractivity contribution in [2.45, 2.75) is 6.18 Å². The first-order chi connectivity index (χ1) is 5.95. The van der Waals surface area contributed by atoms with Gasteiger partial charge in [-0.25, -0.2) is 9.97 Å². The van der Waals surface area contributed by atoms with Gasteiger partial charge in [0.2, 0.25) is 5.88 Å². The molecule has 13 heavy (non-hydrogen) atoms. The molecule has 7 heteroatoms. The predicted molar refractivity (Wildman–Crippen MR) is 41.3 cm³/mol. The van der Waals surface area contributed by atoms with E-state index in [0.717, 1.165) is 0 Å². The van der Waals surface area contributed by atoms with E-state index in [1.54, 1.807) is 0 Å². The van der Waals surface area contributed by atoms with Crippen molar-refractivity contribution >= 4 is 15.9 Å². The highest BCUT2D eigenvalue weighted by Gasteiger charge is 2.33. The number of hydrogen-bond donors (Lipinski definition) is 0. The van der Waals surface area contributed by atoms with Crippen molar-refractivity contribution in [3.63, 3.8) is 0 Å². The first-order valence-electron chi connectivity index (χ1n) is 3.09. The van der Waals surface area contributed by atoms with E-state index in [0.29, 0.717) is 6.20 Å². The van der Waals surface area contributed by atoms with Crippen molar-refractivity contribution in [3.05, 3.63) is 16.5 Å². The van der Waals surface area contributed by atoms with Crippen molar-refractivity contribution in [2.75, 3.05) is 7.11 Å². The predicted octanol–water partition coefficient (Wildman–Crippen LogP) is 2.27. The summed E-state index contributed by atoms with van der Waals surface area (Å²) in [6.07, 6.45) is -3.87. The Morgan fingerprint density at radius 3 is 2.54 bits per heavy atom. The molecule has 1 aromatic heterocycles. The average molecular weight is 257 g/mol. The molecule has 0 aliphatic carbocycles. The summed E-state index contributed by atoms with van der Waals surface area (Å²) in [5.74, 6) is -0.185. The van der Waals surface area contributed by atoms with Gasteiger partial charge in [0.05, 0.1) is 13.3 Å². The van der Waals surface area contributed by atoms with Crippen LogP contribution in [0.4, 0.5) is 13.2 Å².